The van der Waals surface area contributed by atoms with Crippen LogP contribution < -0.4 is 14.2 Å². The van der Waals surface area contributed by atoms with Gasteiger partial charge < -0.3 is 14.2 Å². The third kappa shape index (κ3) is 3.25. The summed E-state index contributed by atoms with van der Waals surface area (Å²) in [7, 11) is 0. The van der Waals surface area contributed by atoms with Crippen LogP contribution in [0.5, 0.6) is 17.2 Å². The average Bonchev–Trinajstić information content (AvgIpc) is 3.19. The van der Waals surface area contributed by atoms with Gasteiger partial charge in [-0.05, 0) is 29.3 Å². The summed E-state index contributed by atoms with van der Waals surface area (Å²) in [6.07, 6.45) is 3.97. The van der Waals surface area contributed by atoms with E-state index in [1.807, 2.05) is 48.6 Å². The Bertz CT molecular complexity index is 1090. The van der Waals surface area contributed by atoms with Gasteiger partial charge in [0, 0.05) is 17.5 Å². The summed E-state index contributed by atoms with van der Waals surface area (Å²) in [4.78, 5) is 12.9. The Labute approximate surface area is 167 Å². The summed E-state index contributed by atoms with van der Waals surface area (Å²) in [6, 6.07) is 19.4. The molecule has 144 valence electrons. The van der Waals surface area contributed by atoms with E-state index < -0.39 is 5.92 Å². The minimum atomic E-state index is -0.594. The number of hydrogen-bond donors (Lipinski definition) is 0. The number of allylic oxidation sites excluding steroid dienone is 1. The molecule has 5 rings (SSSR count). The van der Waals surface area contributed by atoms with Gasteiger partial charge >= 0.3 is 5.97 Å². The fourth-order valence-electron chi connectivity index (χ4n) is 3.79. The second kappa shape index (κ2) is 7.09. The zero-order valence-electron chi connectivity index (χ0n) is 15.4. The Kier molecular flexibility index (Phi) is 4.28. The Morgan fingerprint density at radius 3 is 2.38 bits per heavy atom. The van der Waals surface area contributed by atoms with Gasteiger partial charge in [0.1, 0.15) is 11.6 Å². The Balaban J connectivity index is 1.62. The standard InChI is InChI=1S/C24H17FO4/c25-17-9-7-16(8-10-17)23-18(11-6-15-4-2-1-3-5-15)19-12-21-22(28-14-27-21)13-20(19)29-24(23)26/h1-13,18,23H,14H2/b11-6+/t18-,23-/m1/s1. The molecule has 3 aromatic rings. The molecule has 29 heavy (non-hydrogen) atoms. The predicted octanol–water partition coefficient (Wildman–Crippen LogP) is 5.05. The molecule has 0 saturated heterocycles. The van der Waals surface area contributed by atoms with Crippen molar-refractivity contribution in [2.24, 2.45) is 0 Å². The van der Waals surface area contributed by atoms with E-state index in [1.54, 1.807) is 18.2 Å². The van der Waals surface area contributed by atoms with E-state index in [-0.39, 0.29) is 24.5 Å². The molecule has 0 radical (unpaired) electrons. The molecule has 0 aromatic heterocycles. The van der Waals surface area contributed by atoms with E-state index >= 15 is 0 Å². The number of ether oxygens (including phenoxy) is 3. The lowest BCUT2D eigenvalue weighted by Crippen LogP contribution is -2.29. The maximum Gasteiger partial charge on any atom is 0.319 e. The summed E-state index contributed by atoms with van der Waals surface area (Å²) in [5.74, 6) is 0.0131. The molecule has 2 atom stereocenters. The number of rotatable bonds is 3. The van der Waals surface area contributed by atoms with E-state index in [2.05, 4.69) is 0 Å². The number of carbonyl (C=O) groups is 1. The molecule has 5 heteroatoms. The highest BCUT2D eigenvalue weighted by Crippen LogP contribution is 2.49. The first-order valence-electron chi connectivity index (χ1n) is 9.33. The van der Waals surface area contributed by atoms with Crippen LogP contribution in [0.1, 0.15) is 28.5 Å². The molecule has 2 aliphatic rings. The fourth-order valence-corrected chi connectivity index (χ4v) is 3.79. The molecule has 0 N–H and O–H groups in total. The Hall–Kier alpha value is -3.60. The molecule has 2 aliphatic heterocycles. The SMILES string of the molecule is O=C1Oc2cc3c(cc2[C@@H](/C=C/c2ccccc2)[C@H]1c1ccc(F)cc1)OCO3. The molecule has 0 unspecified atom stereocenters. The quantitative estimate of drug-likeness (QED) is 0.465. The summed E-state index contributed by atoms with van der Waals surface area (Å²) < 4.78 is 30.0. The molecular weight excluding hydrogens is 371 g/mol. The minimum Gasteiger partial charge on any atom is -0.454 e. The van der Waals surface area contributed by atoms with Crippen molar-refractivity contribution >= 4 is 12.0 Å². The van der Waals surface area contributed by atoms with Gasteiger partial charge in [0.2, 0.25) is 6.79 Å². The minimum absolute atomic E-state index is 0.137. The average molecular weight is 388 g/mol. The monoisotopic (exact) mass is 388 g/mol. The lowest BCUT2D eigenvalue weighted by molar-refractivity contribution is -0.137. The van der Waals surface area contributed by atoms with Gasteiger partial charge in [-0.25, -0.2) is 4.39 Å². The van der Waals surface area contributed by atoms with Gasteiger partial charge in [0.05, 0.1) is 5.92 Å². The molecule has 4 nitrogen and oxygen atoms in total. The molecule has 2 heterocycles. The molecule has 0 fully saturated rings. The van der Waals surface area contributed by atoms with Crippen LogP contribution >= 0.6 is 0 Å². The second-order valence-corrected chi connectivity index (χ2v) is 6.99. The zero-order chi connectivity index (χ0) is 19.8. The van der Waals surface area contributed by atoms with Crippen molar-refractivity contribution in [2.75, 3.05) is 6.79 Å². The molecule has 0 amide bonds. The van der Waals surface area contributed by atoms with Crippen LogP contribution in [-0.4, -0.2) is 12.8 Å². The highest BCUT2D eigenvalue weighted by Gasteiger charge is 2.39. The summed E-state index contributed by atoms with van der Waals surface area (Å²) in [5.41, 5.74) is 2.55. The highest BCUT2D eigenvalue weighted by atomic mass is 19.1. The number of hydrogen-bond acceptors (Lipinski definition) is 4. The summed E-state index contributed by atoms with van der Waals surface area (Å²) in [5, 5.41) is 0. The maximum absolute atomic E-state index is 13.4. The molecular formula is C24H17FO4. The van der Waals surface area contributed by atoms with E-state index in [9.17, 15) is 9.18 Å². The lowest BCUT2D eigenvalue weighted by atomic mass is 9.78. The molecule has 0 spiro atoms. The third-order valence-corrected chi connectivity index (χ3v) is 5.21. The summed E-state index contributed by atoms with van der Waals surface area (Å²) in [6.45, 7) is 0.137. The number of fused-ring (bicyclic) bond motifs is 2. The number of esters is 1. The van der Waals surface area contributed by atoms with Crippen LogP contribution in [0.2, 0.25) is 0 Å². The highest BCUT2D eigenvalue weighted by molar-refractivity contribution is 5.86. The fraction of sp³-hybridized carbons (Fsp3) is 0.125. The van der Waals surface area contributed by atoms with Crippen molar-refractivity contribution in [1.82, 2.24) is 0 Å². The number of carbonyl (C=O) groups excluding carboxylic acids is 1. The number of halogens is 1. The van der Waals surface area contributed by atoms with Crippen molar-refractivity contribution < 1.29 is 23.4 Å². The van der Waals surface area contributed by atoms with Gasteiger partial charge in [-0.3, -0.25) is 4.79 Å². The van der Waals surface area contributed by atoms with E-state index in [0.717, 1.165) is 11.1 Å². The molecule has 0 saturated carbocycles. The number of benzene rings is 3. The van der Waals surface area contributed by atoms with Crippen LogP contribution in [-0.2, 0) is 4.79 Å². The molecule has 0 bridgehead atoms. The van der Waals surface area contributed by atoms with Gasteiger partial charge in [0.25, 0.3) is 0 Å². The van der Waals surface area contributed by atoms with Gasteiger partial charge in [0.15, 0.2) is 11.5 Å². The lowest BCUT2D eigenvalue weighted by Gasteiger charge is -2.30. The predicted molar refractivity (Wildman–Crippen MR) is 106 cm³/mol. The topological polar surface area (TPSA) is 44.8 Å². The maximum atomic E-state index is 13.4. The first kappa shape index (κ1) is 17.5. The summed E-state index contributed by atoms with van der Waals surface area (Å²) >= 11 is 0. The van der Waals surface area contributed by atoms with Crippen LogP contribution in [0.15, 0.2) is 72.8 Å². The van der Waals surface area contributed by atoms with E-state index in [4.69, 9.17) is 14.2 Å². The van der Waals surface area contributed by atoms with Crippen molar-refractivity contribution in [1.29, 1.82) is 0 Å². The van der Waals surface area contributed by atoms with Crippen molar-refractivity contribution in [3.8, 4) is 17.2 Å². The van der Waals surface area contributed by atoms with Crippen LogP contribution in [0, 0.1) is 5.82 Å². The third-order valence-electron chi connectivity index (χ3n) is 5.21. The molecule has 3 aromatic carbocycles. The second-order valence-electron chi connectivity index (χ2n) is 6.99. The van der Waals surface area contributed by atoms with Crippen LogP contribution in [0.4, 0.5) is 4.39 Å². The Morgan fingerprint density at radius 1 is 0.897 bits per heavy atom. The van der Waals surface area contributed by atoms with Crippen molar-refractivity contribution in [3.05, 3.63) is 95.3 Å². The van der Waals surface area contributed by atoms with Gasteiger partial charge in [-0.1, -0.05) is 54.6 Å². The van der Waals surface area contributed by atoms with Crippen molar-refractivity contribution in [2.45, 2.75) is 11.8 Å². The first-order chi connectivity index (χ1) is 14.2. The van der Waals surface area contributed by atoms with E-state index in [1.165, 1.54) is 12.1 Å². The van der Waals surface area contributed by atoms with Crippen LogP contribution in [0.3, 0.4) is 0 Å². The van der Waals surface area contributed by atoms with E-state index in [0.29, 0.717) is 22.8 Å². The molecule has 0 aliphatic carbocycles. The normalized spacial score (nSPS) is 19.8. The van der Waals surface area contributed by atoms with Gasteiger partial charge in [-0.15, -0.1) is 0 Å². The van der Waals surface area contributed by atoms with Crippen LogP contribution in [0.25, 0.3) is 6.08 Å². The zero-order valence-corrected chi connectivity index (χ0v) is 15.4. The largest absolute Gasteiger partial charge is 0.454 e. The first-order valence-corrected chi connectivity index (χ1v) is 9.33. The van der Waals surface area contributed by atoms with Gasteiger partial charge in [-0.2, -0.15) is 0 Å². The van der Waals surface area contributed by atoms with Crippen molar-refractivity contribution in [3.63, 3.8) is 0 Å². The smallest absolute Gasteiger partial charge is 0.319 e. The Morgan fingerprint density at radius 2 is 1.62 bits per heavy atom.